The van der Waals surface area contributed by atoms with Gasteiger partial charge in [-0.3, -0.25) is 4.90 Å². The predicted octanol–water partition coefficient (Wildman–Crippen LogP) is 6.10. The summed E-state index contributed by atoms with van der Waals surface area (Å²) in [7, 11) is 0. The van der Waals surface area contributed by atoms with E-state index in [0.29, 0.717) is 30.1 Å². The van der Waals surface area contributed by atoms with E-state index in [2.05, 4.69) is 31.2 Å². The molecule has 2 aliphatic rings. The van der Waals surface area contributed by atoms with Crippen LogP contribution in [0.4, 0.5) is 13.2 Å². The van der Waals surface area contributed by atoms with Gasteiger partial charge in [0.15, 0.2) is 0 Å². The van der Waals surface area contributed by atoms with Gasteiger partial charge in [-0.2, -0.15) is 13.2 Å². The van der Waals surface area contributed by atoms with E-state index in [0.717, 1.165) is 12.8 Å². The summed E-state index contributed by atoms with van der Waals surface area (Å²) in [6.45, 7) is 4.74. The van der Waals surface area contributed by atoms with Crippen molar-refractivity contribution in [3.63, 3.8) is 0 Å². The Bertz CT molecular complexity index is 926. The molecule has 0 amide bonds. The third-order valence-corrected chi connectivity index (χ3v) is 6.87. The Morgan fingerprint density at radius 2 is 1.73 bits per heavy atom. The number of halogens is 3. The molecule has 0 saturated carbocycles. The molecule has 2 aromatic rings. The first-order valence-electron chi connectivity index (χ1n) is 10.6. The van der Waals surface area contributed by atoms with Crippen LogP contribution in [-0.2, 0) is 5.41 Å². The van der Waals surface area contributed by atoms with Crippen LogP contribution >= 0.6 is 0 Å². The molecule has 1 aliphatic heterocycles. The van der Waals surface area contributed by atoms with Gasteiger partial charge in [-0.1, -0.05) is 60.2 Å². The van der Waals surface area contributed by atoms with Gasteiger partial charge in [0.2, 0.25) is 0 Å². The number of fused-ring (bicyclic) bond motifs is 1. The number of alkyl halides is 3. The molecule has 2 aromatic carbocycles. The first-order chi connectivity index (χ1) is 14.2. The molecule has 5 heteroatoms. The highest BCUT2D eigenvalue weighted by Gasteiger charge is 2.53. The fourth-order valence-electron chi connectivity index (χ4n) is 4.78. The van der Waals surface area contributed by atoms with Crippen LogP contribution < -0.4 is 0 Å². The number of aryl methyl sites for hydroxylation is 1. The standard InChI is InChI=1S/C25H28F3NO/c1-17-8-10-18(11-9-17)19-12-15-29(16-13-19)23(30)21-5-3-7-22-20(21)6-4-14-24(22,2)25(26,27)28/h3-11,19,23,30H,12-16H2,1-2H3. The topological polar surface area (TPSA) is 23.5 Å². The summed E-state index contributed by atoms with van der Waals surface area (Å²) in [5.74, 6) is 0.451. The first kappa shape index (κ1) is 21.1. The van der Waals surface area contributed by atoms with Crippen LogP contribution in [0.3, 0.4) is 0 Å². The van der Waals surface area contributed by atoms with Crippen LogP contribution in [0.25, 0.3) is 6.08 Å². The van der Waals surface area contributed by atoms with Crippen molar-refractivity contribution in [1.29, 1.82) is 0 Å². The molecule has 0 spiro atoms. The lowest BCUT2D eigenvalue weighted by Crippen LogP contribution is -2.41. The molecule has 30 heavy (non-hydrogen) atoms. The molecule has 2 atom stereocenters. The highest BCUT2D eigenvalue weighted by molar-refractivity contribution is 5.63. The molecule has 1 N–H and O–H groups in total. The predicted molar refractivity (Wildman–Crippen MR) is 113 cm³/mol. The van der Waals surface area contributed by atoms with Crippen molar-refractivity contribution in [3.8, 4) is 0 Å². The highest BCUT2D eigenvalue weighted by Crippen LogP contribution is 2.48. The molecule has 1 saturated heterocycles. The van der Waals surface area contributed by atoms with E-state index in [-0.39, 0.29) is 12.0 Å². The molecule has 2 unspecified atom stereocenters. The number of aliphatic hydroxyl groups excluding tert-OH is 1. The van der Waals surface area contributed by atoms with E-state index >= 15 is 0 Å². The van der Waals surface area contributed by atoms with Crippen LogP contribution in [0.1, 0.15) is 66.1 Å². The molecular weight excluding hydrogens is 387 g/mol. The van der Waals surface area contributed by atoms with E-state index in [1.807, 2.05) is 4.90 Å². The Morgan fingerprint density at radius 1 is 1.07 bits per heavy atom. The SMILES string of the molecule is Cc1ccc(C2CCN(C(O)c3cccc4c3C=CCC4(C)C(F)(F)F)CC2)cc1. The molecule has 2 nitrogen and oxygen atoms in total. The Hall–Kier alpha value is -2.11. The summed E-state index contributed by atoms with van der Waals surface area (Å²) in [6, 6.07) is 13.5. The zero-order valence-corrected chi connectivity index (χ0v) is 17.4. The fourth-order valence-corrected chi connectivity index (χ4v) is 4.78. The lowest BCUT2D eigenvalue weighted by Gasteiger charge is -2.39. The van der Waals surface area contributed by atoms with Gasteiger partial charge in [-0.15, -0.1) is 0 Å². The zero-order valence-electron chi connectivity index (χ0n) is 17.4. The number of hydrogen-bond acceptors (Lipinski definition) is 2. The summed E-state index contributed by atoms with van der Waals surface area (Å²) in [4.78, 5) is 1.98. The summed E-state index contributed by atoms with van der Waals surface area (Å²) in [6.07, 6.45) is -0.167. The Kier molecular flexibility index (Phi) is 5.54. The number of aliphatic hydroxyl groups is 1. The average Bonchev–Trinajstić information content (AvgIpc) is 2.73. The minimum Gasteiger partial charge on any atom is -0.374 e. The number of piperidine rings is 1. The smallest absolute Gasteiger partial charge is 0.374 e. The Labute approximate surface area is 176 Å². The van der Waals surface area contributed by atoms with Crippen LogP contribution in [0.15, 0.2) is 48.5 Å². The maximum Gasteiger partial charge on any atom is 0.398 e. The number of hydrogen-bond donors (Lipinski definition) is 1. The van der Waals surface area contributed by atoms with Crippen molar-refractivity contribution in [3.05, 3.63) is 76.4 Å². The van der Waals surface area contributed by atoms with Crippen molar-refractivity contribution in [2.24, 2.45) is 0 Å². The van der Waals surface area contributed by atoms with Gasteiger partial charge in [0.1, 0.15) is 6.23 Å². The average molecular weight is 415 g/mol. The first-order valence-corrected chi connectivity index (χ1v) is 10.6. The normalized spacial score (nSPS) is 23.9. The van der Waals surface area contributed by atoms with Gasteiger partial charge in [-0.25, -0.2) is 0 Å². The van der Waals surface area contributed by atoms with Crippen molar-refractivity contribution >= 4 is 6.08 Å². The molecule has 4 rings (SSSR count). The third-order valence-electron chi connectivity index (χ3n) is 6.87. The van der Waals surface area contributed by atoms with Gasteiger partial charge in [0, 0.05) is 18.7 Å². The number of likely N-dealkylation sites (tertiary alicyclic amines) is 1. The van der Waals surface area contributed by atoms with Gasteiger partial charge in [-0.05, 0) is 55.7 Å². The van der Waals surface area contributed by atoms with E-state index in [4.69, 9.17) is 0 Å². The van der Waals surface area contributed by atoms with E-state index in [1.54, 1.807) is 30.4 Å². The summed E-state index contributed by atoms with van der Waals surface area (Å²) < 4.78 is 41.4. The Balaban J connectivity index is 1.54. The van der Waals surface area contributed by atoms with Gasteiger partial charge in [0.05, 0.1) is 5.41 Å². The second kappa shape index (κ2) is 7.86. The molecule has 0 aromatic heterocycles. The summed E-state index contributed by atoms with van der Waals surface area (Å²) >= 11 is 0. The largest absolute Gasteiger partial charge is 0.398 e. The van der Waals surface area contributed by atoms with E-state index in [1.165, 1.54) is 18.1 Å². The highest BCUT2D eigenvalue weighted by atomic mass is 19.4. The zero-order chi connectivity index (χ0) is 21.5. The van der Waals surface area contributed by atoms with Crippen molar-refractivity contribution in [2.45, 2.75) is 56.8 Å². The quantitative estimate of drug-likeness (QED) is 0.655. The summed E-state index contributed by atoms with van der Waals surface area (Å²) in [5.41, 5.74) is 1.95. The maximum absolute atomic E-state index is 13.8. The molecule has 1 heterocycles. The van der Waals surface area contributed by atoms with Crippen LogP contribution in [0.2, 0.25) is 0 Å². The second-order valence-electron chi connectivity index (χ2n) is 8.84. The fraction of sp³-hybridized carbons (Fsp3) is 0.440. The lowest BCUT2D eigenvalue weighted by molar-refractivity contribution is -0.185. The number of benzene rings is 2. The molecule has 160 valence electrons. The molecule has 0 bridgehead atoms. The second-order valence-corrected chi connectivity index (χ2v) is 8.84. The molecule has 1 aliphatic carbocycles. The number of nitrogens with zero attached hydrogens (tertiary/aromatic N) is 1. The number of allylic oxidation sites excluding steroid dienone is 1. The van der Waals surface area contributed by atoms with Gasteiger partial charge >= 0.3 is 6.18 Å². The molecular formula is C25H28F3NO. The number of rotatable bonds is 3. The summed E-state index contributed by atoms with van der Waals surface area (Å²) in [5, 5.41) is 11.1. The van der Waals surface area contributed by atoms with E-state index < -0.39 is 17.8 Å². The van der Waals surface area contributed by atoms with Crippen molar-refractivity contribution in [2.75, 3.05) is 13.1 Å². The molecule has 0 radical (unpaired) electrons. The Morgan fingerprint density at radius 3 is 2.37 bits per heavy atom. The lowest BCUT2D eigenvalue weighted by atomic mass is 9.72. The maximum atomic E-state index is 13.8. The van der Waals surface area contributed by atoms with Crippen molar-refractivity contribution in [1.82, 2.24) is 4.90 Å². The van der Waals surface area contributed by atoms with Gasteiger partial charge in [0.25, 0.3) is 0 Å². The third kappa shape index (κ3) is 3.69. The molecule has 1 fully saturated rings. The van der Waals surface area contributed by atoms with E-state index in [9.17, 15) is 18.3 Å². The van der Waals surface area contributed by atoms with Crippen molar-refractivity contribution < 1.29 is 18.3 Å². The van der Waals surface area contributed by atoms with Crippen LogP contribution in [0, 0.1) is 6.92 Å². The monoisotopic (exact) mass is 415 g/mol. The van der Waals surface area contributed by atoms with Crippen LogP contribution in [-0.4, -0.2) is 29.3 Å². The minimum atomic E-state index is -4.34. The minimum absolute atomic E-state index is 0.0784. The van der Waals surface area contributed by atoms with Gasteiger partial charge < -0.3 is 5.11 Å². The van der Waals surface area contributed by atoms with Crippen LogP contribution in [0.5, 0.6) is 0 Å².